The van der Waals surface area contributed by atoms with Gasteiger partial charge in [0.05, 0.1) is 6.54 Å². The van der Waals surface area contributed by atoms with Gasteiger partial charge in [0, 0.05) is 73.7 Å². The van der Waals surface area contributed by atoms with Crippen LogP contribution in [0.4, 0.5) is 16.3 Å². The summed E-state index contributed by atoms with van der Waals surface area (Å²) in [5, 5.41) is 4.28. The molecule has 9 nitrogen and oxygen atoms in total. The molecule has 226 valence electrons. The van der Waals surface area contributed by atoms with E-state index in [1.54, 1.807) is 11.1 Å². The van der Waals surface area contributed by atoms with Gasteiger partial charge in [0.15, 0.2) is 0 Å². The lowest BCUT2D eigenvalue weighted by molar-refractivity contribution is -0.121. The molecule has 1 unspecified atom stereocenters. The molecule has 2 saturated heterocycles. The van der Waals surface area contributed by atoms with Crippen molar-refractivity contribution in [1.82, 2.24) is 19.7 Å². The van der Waals surface area contributed by atoms with E-state index in [1.807, 2.05) is 31.7 Å². The topological polar surface area (TPSA) is 81.2 Å². The average Bonchev–Trinajstić information content (AvgIpc) is 3.73. The molecule has 0 bridgehead atoms. The zero-order valence-electron chi connectivity index (χ0n) is 25.1. The number of carbonyl (C=O) groups excluding carboxylic acids is 2. The Balaban J connectivity index is 1.02. The molecular weight excluding hydrogens is 552 g/mol. The number of piperazine rings is 2. The van der Waals surface area contributed by atoms with E-state index >= 15 is 0 Å². The molecule has 2 amide bonds. The SMILES string of the molecule is CC(C)(C)OC(=O)N1CCN(CCCN2CCN(c3cccc(C4(C5CC5)CNc5nccc(Cl)c54)c3)C(=O)C2)CC1. The molecule has 1 aliphatic carbocycles. The highest BCUT2D eigenvalue weighted by atomic mass is 35.5. The number of nitrogens with zero attached hydrogens (tertiary/aromatic N) is 5. The molecule has 1 aromatic carbocycles. The molecule has 42 heavy (non-hydrogen) atoms. The van der Waals surface area contributed by atoms with Gasteiger partial charge in [0.2, 0.25) is 5.91 Å². The van der Waals surface area contributed by atoms with Gasteiger partial charge in [-0.15, -0.1) is 0 Å². The maximum Gasteiger partial charge on any atom is 0.410 e. The van der Waals surface area contributed by atoms with E-state index in [0.717, 1.165) is 67.8 Å². The van der Waals surface area contributed by atoms with Gasteiger partial charge in [-0.3, -0.25) is 14.6 Å². The van der Waals surface area contributed by atoms with Gasteiger partial charge in [0.1, 0.15) is 11.4 Å². The van der Waals surface area contributed by atoms with Gasteiger partial charge in [-0.2, -0.15) is 0 Å². The average molecular weight is 595 g/mol. The Bertz CT molecular complexity index is 1320. The van der Waals surface area contributed by atoms with Crippen LogP contribution in [-0.4, -0.2) is 103 Å². The molecular formula is C32H43ClN6O3. The van der Waals surface area contributed by atoms with Crippen molar-refractivity contribution in [2.45, 2.75) is 51.0 Å². The van der Waals surface area contributed by atoms with Crippen LogP contribution in [0.15, 0.2) is 36.5 Å². The van der Waals surface area contributed by atoms with Crippen LogP contribution in [0, 0.1) is 5.92 Å². The fraction of sp³-hybridized carbons (Fsp3) is 0.594. The number of amides is 2. The second-order valence-electron chi connectivity index (χ2n) is 13.1. The predicted octanol–water partition coefficient (Wildman–Crippen LogP) is 4.45. The summed E-state index contributed by atoms with van der Waals surface area (Å²) in [7, 11) is 0. The van der Waals surface area contributed by atoms with Crippen LogP contribution in [0.1, 0.15) is 51.2 Å². The number of hydrogen-bond donors (Lipinski definition) is 1. The fourth-order valence-corrected chi connectivity index (χ4v) is 7.16. The first-order valence-electron chi connectivity index (χ1n) is 15.4. The van der Waals surface area contributed by atoms with Crippen LogP contribution in [-0.2, 0) is 14.9 Å². The molecule has 4 heterocycles. The molecule has 1 N–H and O–H groups in total. The highest BCUT2D eigenvalue weighted by Crippen LogP contribution is 2.57. The van der Waals surface area contributed by atoms with Gasteiger partial charge < -0.3 is 19.9 Å². The van der Waals surface area contributed by atoms with Gasteiger partial charge in [0.25, 0.3) is 0 Å². The van der Waals surface area contributed by atoms with Gasteiger partial charge >= 0.3 is 6.09 Å². The van der Waals surface area contributed by atoms with Crippen LogP contribution in [0.3, 0.4) is 0 Å². The molecule has 0 spiro atoms. The lowest BCUT2D eigenvalue weighted by Crippen LogP contribution is -2.52. The summed E-state index contributed by atoms with van der Waals surface area (Å²) in [6.45, 7) is 13.4. The minimum absolute atomic E-state index is 0.148. The van der Waals surface area contributed by atoms with E-state index in [9.17, 15) is 9.59 Å². The Hall–Kier alpha value is -2.88. The maximum absolute atomic E-state index is 13.4. The normalized spacial score (nSPS) is 23.6. The first kappa shape index (κ1) is 29.2. The highest BCUT2D eigenvalue weighted by molar-refractivity contribution is 6.32. The minimum atomic E-state index is -0.469. The van der Waals surface area contributed by atoms with Crippen molar-refractivity contribution in [3.8, 4) is 0 Å². The van der Waals surface area contributed by atoms with Gasteiger partial charge in [-0.1, -0.05) is 23.7 Å². The maximum atomic E-state index is 13.4. The summed E-state index contributed by atoms with van der Waals surface area (Å²) >= 11 is 6.76. The van der Waals surface area contributed by atoms with Crippen LogP contribution in [0.25, 0.3) is 0 Å². The van der Waals surface area contributed by atoms with Crippen LogP contribution in [0.5, 0.6) is 0 Å². The van der Waals surface area contributed by atoms with Gasteiger partial charge in [-0.05, 0) is 82.8 Å². The lowest BCUT2D eigenvalue weighted by atomic mass is 9.72. The summed E-state index contributed by atoms with van der Waals surface area (Å²) in [6.07, 6.45) is 4.89. The number of anilines is 2. The molecule has 1 atom stereocenters. The van der Waals surface area contributed by atoms with Crippen molar-refractivity contribution in [2.75, 3.05) is 75.7 Å². The molecule has 0 radical (unpaired) electrons. The predicted molar refractivity (Wildman–Crippen MR) is 165 cm³/mol. The fourth-order valence-electron chi connectivity index (χ4n) is 6.85. The number of aromatic nitrogens is 1. The minimum Gasteiger partial charge on any atom is -0.444 e. The summed E-state index contributed by atoms with van der Waals surface area (Å²) in [5.74, 6) is 1.56. The number of pyridine rings is 1. The number of rotatable bonds is 7. The highest BCUT2D eigenvalue weighted by Gasteiger charge is 2.53. The standard InChI is InChI=1S/C32H43ClN6O3/c1-31(2,3)42-30(41)38-17-14-36(15-18-38)12-5-13-37-16-19-39(27(40)21-37)25-7-4-6-24(20-25)32(23-8-9-23)22-35-29-28(32)26(33)10-11-34-29/h4,6-7,10-11,20,23H,5,8-9,12-19,21-22H2,1-3H3,(H,34,35). The first-order valence-corrected chi connectivity index (χ1v) is 15.7. The van der Waals surface area contributed by atoms with Crippen LogP contribution < -0.4 is 10.2 Å². The van der Waals surface area contributed by atoms with Crippen molar-refractivity contribution in [1.29, 1.82) is 0 Å². The summed E-state index contributed by atoms with van der Waals surface area (Å²) < 4.78 is 5.51. The smallest absolute Gasteiger partial charge is 0.410 e. The summed E-state index contributed by atoms with van der Waals surface area (Å²) in [5.41, 5.74) is 2.61. The molecule has 2 aromatic rings. The monoisotopic (exact) mass is 594 g/mol. The largest absolute Gasteiger partial charge is 0.444 e. The molecule has 1 saturated carbocycles. The molecule has 4 aliphatic rings. The Morgan fingerprint density at radius 3 is 2.52 bits per heavy atom. The number of ether oxygens (including phenoxy) is 1. The Kier molecular flexibility index (Phi) is 8.11. The number of halogens is 1. The van der Waals surface area contributed by atoms with E-state index in [4.69, 9.17) is 16.3 Å². The van der Waals surface area contributed by atoms with Crippen molar-refractivity contribution >= 4 is 35.1 Å². The number of benzene rings is 1. The molecule has 10 heteroatoms. The molecule has 3 fully saturated rings. The molecule has 1 aromatic heterocycles. The third kappa shape index (κ3) is 5.96. The number of carbonyl (C=O) groups is 2. The third-order valence-corrected chi connectivity index (χ3v) is 9.42. The first-order chi connectivity index (χ1) is 20.1. The van der Waals surface area contributed by atoms with Crippen LogP contribution in [0.2, 0.25) is 5.02 Å². The Morgan fingerprint density at radius 1 is 1.07 bits per heavy atom. The lowest BCUT2D eigenvalue weighted by Gasteiger charge is -2.37. The van der Waals surface area contributed by atoms with E-state index in [-0.39, 0.29) is 17.4 Å². The van der Waals surface area contributed by atoms with E-state index in [2.05, 4.69) is 44.4 Å². The number of nitrogens with one attached hydrogen (secondary N) is 1. The number of fused-ring (bicyclic) bond motifs is 1. The molecule has 3 aliphatic heterocycles. The second kappa shape index (κ2) is 11.7. The zero-order valence-corrected chi connectivity index (χ0v) is 25.8. The Labute approximate surface area is 254 Å². The van der Waals surface area contributed by atoms with E-state index in [0.29, 0.717) is 32.1 Å². The molecule has 6 rings (SSSR count). The van der Waals surface area contributed by atoms with E-state index in [1.165, 1.54) is 18.4 Å². The van der Waals surface area contributed by atoms with Crippen molar-refractivity contribution in [3.63, 3.8) is 0 Å². The van der Waals surface area contributed by atoms with Crippen molar-refractivity contribution in [2.24, 2.45) is 5.92 Å². The van der Waals surface area contributed by atoms with Gasteiger partial charge in [-0.25, -0.2) is 9.78 Å². The zero-order chi connectivity index (χ0) is 29.5. The van der Waals surface area contributed by atoms with Crippen LogP contribution >= 0.6 is 11.6 Å². The number of hydrogen-bond acceptors (Lipinski definition) is 7. The third-order valence-electron chi connectivity index (χ3n) is 9.10. The van der Waals surface area contributed by atoms with Crippen molar-refractivity contribution in [3.05, 3.63) is 52.7 Å². The quantitative estimate of drug-likeness (QED) is 0.507. The summed E-state index contributed by atoms with van der Waals surface area (Å²) in [6, 6.07) is 10.4. The second-order valence-corrected chi connectivity index (χ2v) is 13.6. The van der Waals surface area contributed by atoms with E-state index < -0.39 is 5.60 Å². The Morgan fingerprint density at radius 2 is 1.81 bits per heavy atom. The summed E-state index contributed by atoms with van der Waals surface area (Å²) in [4.78, 5) is 38.7. The van der Waals surface area contributed by atoms with Crippen molar-refractivity contribution < 1.29 is 14.3 Å².